The number of aryl methyl sites for hydroxylation is 1. The fourth-order valence-electron chi connectivity index (χ4n) is 3.83. The molecule has 0 atom stereocenters. The Balaban J connectivity index is 1.59. The first-order valence-corrected chi connectivity index (χ1v) is 15.5. The highest BCUT2D eigenvalue weighted by Crippen LogP contribution is 2.36. The average Bonchev–Trinajstić information content (AvgIpc) is 3.49. The van der Waals surface area contributed by atoms with E-state index in [4.69, 9.17) is 0 Å². The third-order valence-electron chi connectivity index (χ3n) is 6.17. The summed E-state index contributed by atoms with van der Waals surface area (Å²) in [5.41, 5.74) is -0.648. The first-order chi connectivity index (χ1) is 17.5. The molecule has 14 heteroatoms. The van der Waals surface area contributed by atoms with Gasteiger partial charge in [-0.25, -0.2) is 13.1 Å². The van der Waals surface area contributed by atoms with E-state index in [2.05, 4.69) is 19.5 Å². The molecule has 5 rings (SSSR count). The van der Waals surface area contributed by atoms with Crippen molar-refractivity contribution in [2.24, 2.45) is 10.3 Å². The summed E-state index contributed by atoms with van der Waals surface area (Å²) < 4.78 is 58.1. The van der Waals surface area contributed by atoms with E-state index in [1.165, 1.54) is 42.0 Å². The molecular weight excluding hydrogens is 538 g/mol. The molecule has 1 saturated carbocycles. The third kappa shape index (κ3) is 5.00. The highest BCUT2D eigenvalue weighted by molar-refractivity contribution is 7.93. The fraction of sp³-hybridized carbons (Fsp3) is 0.348. The molecule has 1 aliphatic carbocycles. The van der Waals surface area contributed by atoms with E-state index in [0.717, 1.165) is 25.3 Å². The fourth-order valence-corrected chi connectivity index (χ4v) is 6.38. The quantitative estimate of drug-likeness (QED) is 0.377. The normalized spacial score (nSPS) is 16.7. The molecule has 0 radical (unpaired) electrons. The van der Waals surface area contributed by atoms with Crippen LogP contribution in [-0.4, -0.2) is 42.8 Å². The minimum Gasteiger partial charge on any atom is -0.505 e. The van der Waals surface area contributed by atoms with Gasteiger partial charge in [0, 0.05) is 12.2 Å². The number of sulfonamides is 2. The monoisotopic (exact) mass is 563 g/mol. The van der Waals surface area contributed by atoms with Crippen molar-refractivity contribution in [1.82, 2.24) is 9.78 Å². The number of nitrogens with one attached hydrogen (secondary N) is 2. The molecule has 11 nitrogen and oxygen atoms in total. The van der Waals surface area contributed by atoms with E-state index in [1.807, 2.05) is 0 Å². The predicted octanol–water partition coefficient (Wildman–Crippen LogP) is 3.19. The summed E-state index contributed by atoms with van der Waals surface area (Å²) in [6.07, 6.45) is 2.93. The zero-order valence-electron chi connectivity index (χ0n) is 20.0. The van der Waals surface area contributed by atoms with Crippen LogP contribution in [0.25, 0.3) is 10.6 Å². The number of anilines is 2. The number of nitrogens with zero attached hydrogens (tertiary/aromatic N) is 3. The lowest BCUT2D eigenvalue weighted by Gasteiger charge is -2.21. The van der Waals surface area contributed by atoms with Gasteiger partial charge in [0.2, 0.25) is 10.0 Å². The molecule has 0 unspecified atom stereocenters. The molecule has 3 aromatic rings. The number of amidine groups is 1. The molecule has 0 saturated heterocycles. The molecule has 1 fully saturated rings. The SMILES string of the molecule is CC(C)S(=O)(=O)Nc1ccc2c(c1)S(=O)(=O)N=C(c1c(O)c(-c3cccs3)nn(CCC3CC3)c1=O)N2. The Morgan fingerprint density at radius 1 is 1.27 bits per heavy atom. The van der Waals surface area contributed by atoms with E-state index < -0.39 is 36.6 Å². The Morgan fingerprint density at radius 3 is 2.68 bits per heavy atom. The van der Waals surface area contributed by atoms with Crippen LogP contribution >= 0.6 is 11.3 Å². The Hall–Kier alpha value is -3.23. The molecule has 3 N–H and O–H groups in total. The van der Waals surface area contributed by atoms with Crippen LogP contribution in [0, 0.1) is 5.92 Å². The topological polar surface area (TPSA) is 160 Å². The van der Waals surface area contributed by atoms with Crippen LogP contribution in [0.3, 0.4) is 0 Å². The molecule has 196 valence electrons. The molecular formula is C23H25N5O6S3. The van der Waals surface area contributed by atoms with Gasteiger partial charge in [0.15, 0.2) is 11.6 Å². The zero-order chi connectivity index (χ0) is 26.5. The Labute approximate surface area is 218 Å². The van der Waals surface area contributed by atoms with Crippen LogP contribution < -0.4 is 15.6 Å². The van der Waals surface area contributed by atoms with Crippen molar-refractivity contribution in [3.8, 4) is 16.3 Å². The van der Waals surface area contributed by atoms with Crippen LogP contribution in [0.1, 0.15) is 38.7 Å². The average molecular weight is 564 g/mol. The van der Waals surface area contributed by atoms with Gasteiger partial charge >= 0.3 is 0 Å². The van der Waals surface area contributed by atoms with E-state index >= 15 is 0 Å². The first kappa shape index (κ1) is 25.4. The third-order valence-corrected chi connectivity index (χ3v) is 10.1. The van der Waals surface area contributed by atoms with Gasteiger partial charge in [0.05, 0.1) is 15.8 Å². The zero-order valence-corrected chi connectivity index (χ0v) is 22.5. The number of aromatic hydroxyl groups is 1. The molecule has 2 aliphatic rings. The lowest BCUT2D eigenvalue weighted by Crippen LogP contribution is -2.34. The summed E-state index contributed by atoms with van der Waals surface area (Å²) in [6.45, 7) is 3.32. The van der Waals surface area contributed by atoms with Gasteiger partial charge in [0.25, 0.3) is 15.6 Å². The van der Waals surface area contributed by atoms with E-state index in [1.54, 1.807) is 17.5 Å². The van der Waals surface area contributed by atoms with Crippen LogP contribution in [0.15, 0.2) is 49.8 Å². The van der Waals surface area contributed by atoms with Crippen molar-refractivity contribution in [1.29, 1.82) is 0 Å². The second-order valence-electron chi connectivity index (χ2n) is 9.26. The van der Waals surface area contributed by atoms with Crippen LogP contribution in [-0.2, 0) is 26.6 Å². The van der Waals surface area contributed by atoms with E-state index in [-0.39, 0.29) is 33.4 Å². The molecule has 2 aromatic heterocycles. The lowest BCUT2D eigenvalue weighted by atomic mass is 10.1. The molecule has 0 bridgehead atoms. The summed E-state index contributed by atoms with van der Waals surface area (Å²) in [5, 5.41) is 19.4. The van der Waals surface area contributed by atoms with Crippen molar-refractivity contribution in [2.45, 2.75) is 49.8 Å². The van der Waals surface area contributed by atoms with Crippen LogP contribution in [0.2, 0.25) is 0 Å². The number of benzene rings is 1. The van der Waals surface area contributed by atoms with E-state index in [9.17, 15) is 26.7 Å². The summed E-state index contributed by atoms with van der Waals surface area (Å²) in [5.74, 6) is -0.275. The summed E-state index contributed by atoms with van der Waals surface area (Å²) in [7, 11) is -8.06. The Kier molecular flexibility index (Phi) is 6.36. The maximum atomic E-state index is 13.4. The standard InChI is InChI=1S/C23H25N5O6S3/c1-13(2)36(31,32)26-15-7-8-16-18(12-15)37(33,34)27-22(24-16)19-21(29)20(17-4-3-11-35-17)25-28(23(19)30)10-9-14-5-6-14/h3-4,7-8,11-14,26,29H,5-6,9-10H2,1-2H3,(H,24,27). The van der Waals surface area contributed by atoms with Gasteiger partial charge in [-0.2, -0.15) is 13.5 Å². The number of thiophene rings is 1. The van der Waals surface area contributed by atoms with Crippen molar-refractivity contribution < 1.29 is 21.9 Å². The van der Waals surface area contributed by atoms with Gasteiger partial charge in [-0.15, -0.1) is 15.7 Å². The number of fused-ring (bicyclic) bond motifs is 1. The van der Waals surface area contributed by atoms with Gasteiger partial charge in [0.1, 0.15) is 16.2 Å². The number of hydrogen-bond donors (Lipinski definition) is 3. The Morgan fingerprint density at radius 2 is 2.03 bits per heavy atom. The highest BCUT2D eigenvalue weighted by atomic mass is 32.2. The molecule has 1 aliphatic heterocycles. The smallest absolute Gasteiger partial charge is 0.286 e. The second-order valence-corrected chi connectivity index (χ2v) is 14.0. The van der Waals surface area contributed by atoms with Gasteiger partial charge in [-0.05, 0) is 55.8 Å². The largest absolute Gasteiger partial charge is 0.505 e. The predicted molar refractivity (Wildman–Crippen MR) is 142 cm³/mol. The minimum atomic E-state index is -4.35. The lowest BCUT2D eigenvalue weighted by molar-refractivity contribution is 0.455. The van der Waals surface area contributed by atoms with Crippen molar-refractivity contribution in [3.05, 3.63) is 51.6 Å². The van der Waals surface area contributed by atoms with E-state index in [0.29, 0.717) is 17.3 Å². The number of rotatable bonds is 8. The van der Waals surface area contributed by atoms with Crippen molar-refractivity contribution >= 4 is 48.6 Å². The summed E-state index contributed by atoms with van der Waals surface area (Å²) in [6, 6.07) is 7.47. The molecule has 0 amide bonds. The highest BCUT2D eigenvalue weighted by Gasteiger charge is 2.32. The maximum Gasteiger partial charge on any atom is 0.286 e. The first-order valence-electron chi connectivity index (χ1n) is 11.6. The number of hydrogen-bond acceptors (Lipinski definition) is 9. The maximum absolute atomic E-state index is 13.4. The van der Waals surface area contributed by atoms with Crippen molar-refractivity contribution in [3.63, 3.8) is 0 Å². The second kappa shape index (κ2) is 9.26. The number of aromatic nitrogens is 2. The molecule has 0 spiro atoms. The molecule has 37 heavy (non-hydrogen) atoms. The Bertz CT molecular complexity index is 1670. The molecule has 1 aromatic carbocycles. The summed E-state index contributed by atoms with van der Waals surface area (Å²) in [4.78, 5) is 13.7. The van der Waals surface area contributed by atoms with Gasteiger partial charge in [-0.1, -0.05) is 18.9 Å². The van der Waals surface area contributed by atoms with Gasteiger partial charge in [-0.3, -0.25) is 9.52 Å². The van der Waals surface area contributed by atoms with Crippen LogP contribution in [0.5, 0.6) is 5.75 Å². The van der Waals surface area contributed by atoms with Gasteiger partial charge < -0.3 is 10.4 Å². The van der Waals surface area contributed by atoms with Crippen LogP contribution in [0.4, 0.5) is 11.4 Å². The summed E-state index contributed by atoms with van der Waals surface area (Å²) >= 11 is 1.32. The molecule has 3 heterocycles. The van der Waals surface area contributed by atoms with Crippen molar-refractivity contribution in [2.75, 3.05) is 10.0 Å². The minimum absolute atomic E-state index is 0.0608.